The summed E-state index contributed by atoms with van der Waals surface area (Å²) in [5.41, 5.74) is 1.46. The molecule has 0 unspecified atom stereocenters. The van der Waals surface area contributed by atoms with Crippen molar-refractivity contribution >= 4 is 28.5 Å². The quantitative estimate of drug-likeness (QED) is 0.240. The van der Waals surface area contributed by atoms with Gasteiger partial charge in [0.15, 0.2) is 0 Å². The fourth-order valence-electron chi connectivity index (χ4n) is 0.252. The van der Waals surface area contributed by atoms with Crippen LogP contribution in [0.2, 0.25) is 0 Å². The van der Waals surface area contributed by atoms with Crippen LogP contribution in [0.5, 0.6) is 0 Å². The SMILES string of the molecule is O=C(COCCI)NO. The summed E-state index contributed by atoms with van der Waals surface area (Å²) in [6.45, 7) is 0.466. The van der Waals surface area contributed by atoms with Crippen LogP contribution in [0, 0.1) is 0 Å². The molecule has 1 amide bonds. The molecule has 0 rings (SSSR count). The van der Waals surface area contributed by atoms with Crippen molar-refractivity contribution in [2.45, 2.75) is 0 Å². The zero-order chi connectivity index (χ0) is 7.11. The first-order valence-electron chi connectivity index (χ1n) is 2.38. The van der Waals surface area contributed by atoms with Crippen molar-refractivity contribution in [2.24, 2.45) is 0 Å². The summed E-state index contributed by atoms with van der Waals surface area (Å²) in [6.07, 6.45) is 0. The molecule has 0 aromatic heterocycles. The molecule has 0 aliphatic rings. The Morgan fingerprint density at radius 3 is 2.89 bits per heavy atom. The highest BCUT2D eigenvalue weighted by molar-refractivity contribution is 14.1. The topological polar surface area (TPSA) is 58.6 Å². The fraction of sp³-hybridized carbons (Fsp3) is 0.750. The summed E-state index contributed by atoms with van der Waals surface area (Å²) in [4.78, 5) is 10.2. The summed E-state index contributed by atoms with van der Waals surface area (Å²) < 4.78 is 5.60. The summed E-state index contributed by atoms with van der Waals surface area (Å²) >= 11 is 2.13. The number of hydrogen-bond acceptors (Lipinski definition) is 3. The summed E-state index contributed by atoms with van der Waals surface area (Å²) in [5, 5.41) is 7.95. The molecule has 0 aromatic rings. The molecule has 2 N–H and O–H groups in total. The lowest BCUT2D eigenvalue weighted by Gasteiger charge is -1.97. The number of hydrogen-bond donors (Lipinski definition) is 2. The van der Waals surface area contributed by atoms with Crippen LogP contribution in [0.15, 0.2) is 0 Å². The van der Waals surface area contributed by atoms with Crippen LogP contribution < -0.4 is 5.48 Å². The minimum absolute atomic E-state index is 0.0699. The zero-order valence-corrected chi connectivity index (χ0v) is 6.92. The van der Waals surface area contributed by atoms with E-state index in [0.717, 1.165) is 4.43 Å². The van der Waals surface area contributed by atoms with Crippen LogP contribution in [-0.2, 0) is 9.53 Å². The van der Waals surface area contributed by atoms with E-state index in [1.54, 1.807) is 0 Å². The summed E-state index contributed by atoms with van der Waals surface area (Å²) in [5.74, 6) is -0.514. The summed E-state index contributed by atoms with van der Waals surface area (Å²) in [6, 6.07) is 0. The predicted molar refractivity (Wildman–Crippen MR) is 39.6 cm³/mol. The Morgan fingerprint density at radius 1 is 1.78 bits per heavy atom. The van der Waals surface area contributed by atoms with Gasteiger partial charge in [0.2, 0.25) is 0 Å². The van der Waals surface area contributed by atoms with Crippen LogP contribution in [0.1, 0.15) is 0 Å². The Hall–Kier alpha value is 0.120. The van der Waals surface area contributed by atoms with Gasteiger partial charge < -0.3 is 4.74 Å². The predicted octanol–water partition coefficient (Wildman–Crippen LogP) is -0.0566. The molecule has 54 valence electrons. The van der Waals surface area contributed by atoms with E-state index in [0.29, 0.717) is 6.61 Å². The molecule has 0 spiro atoms. The molecule has 0 fully saturated rings. The number of ether oxygens (including phenoxy) is 1. The first-order valence-corrected chi connectivity index (χ1v) is 3.90. The van der Waals surface area contributed by atoms with Gasteiger partial charge in [0.25, 0.3) is 5.91 Å². The third-order valence-corrected chi connectivity index (χ3v) is 1.02. The van der Waals surface area contributed by atoms with Crippen molar-refractivity contribution in [3.8, 4) is 0 Å². The Labute approximate surface area is 66.7 Å². The molecule has 0 saturated carbocycles. The number of amides is 1. The Balaban J connectivity index is 2.97. The van der Waals surface area contributed by atoms with Gasteiger partial charge in [-0.05, 0) is 0 Å². The second-order valence-electron chi connectivity index (χ2n) is 1.28. The average Bonchev–Trinajstić information content (AvgIpc) is 1.89. The van der Waals surface area contributed by atoms with Crippen LogP contribution in [0.4, 0.5) is 0 Å². The van der Waals surface area contributed by atoms with E-state index >= 15 is 0 Å². The van der Waals surface area contributed by atoms with Gasteiger partial charge in [-0.15, -0.1) is 0 Å². The van der Waals surface area contributed by atoms with E-state index in [-0.39, 0.29) is 6.61 Å². The van der Waals surface area contributed by atoms with E-state index in [2.05, 4.69) is 22.6 Å². The van der Waals surface area contributed by atoms with Crippen molar-refractivity contribution in [3.05, 3.63) is 0 Å². The molecular weight excluding hydrogens is 237 g/mol. The molecule has 0 heterocycles. The molecule has 0 aliphatic carbocycles. The van der Waals surface area contributed by atoms with Gasteiger partial charge in [-0.25, -0.2) is 5.48 Å². The van der Waals surface area contributed by atoms with Gasteiger partial charge in [0, 0.05) is 4.43 Å². The van der Waals surface area contributed by atoms with Gasteiger partial charge in [0.05, 0.1) is 6.61 Å². The minimum atomic E-state index is -0.514. The van der Waals surface area contributed by atoms with Gasteiger partial charge in [-0.1, -0.05) is 22.6 Å². The van der Waals surface area contributed by atoms with Crippen LogP contribution >= 0.6 is 22.6 Å². The Kier molecular flexibility index (Phi) is 6.33. The minimum Gasteiger partial charge on any atom is -0.371 e. The van der Waals surface area contributed by atoms with E-state index in [1.807, 2.05) is 0 Å². The molecule has 0 bridgehead atoms. The van der Waals surface area contributed by atoms with Crippen molar-refractivity contribution in [1.29, 1.82) is 0 Å². The molecule has 0 atom stereocenters. The molecule has 0 radical (unpaired) electrons. The second kappa shape index (κ2) is 6.24. The maximum atomic E-state index is 10.2. The number of carbonyl (C=O) groups excluding carboxylic acids is 1. The number of rotatable bonds is 4. The van der Waals surface area contributed by atoms with E-state index < -0.39 is 5.91 Å². The molecular formula is C4H8INO3. The molecule has 0 saturated heterocycles. The van der Waals surface area contributed by atoms with E-state index in [4.69, 9.17) is 9.94 Å². The van der Waals surface area contributed by atoms with Gasteiger partial charge in [-0.3, -0.25) is 10.0 Å². The zero-order valence-electron chi connectivity index (χ0n) is 4.76. The van der Waals surface area contributed by atoms with Gasteiger partial charge >= 0.3 is 0 Å². The number of halogens is 1. The number of alkyl halides is 1. The third-order valence-electron chi connectivity index (χ3n) is 0.579. The number of nitrogens with one attached hydrogen (secondary N) is 1. The maximum Gasteiger partial charge on any atom is 0.269 e. The maximum absolute atomic E-state index is 10.2. The lowest BCUT2D eigenvalue weighted by molar-refractivity contribution is -0.133. The monoisotopic (exact) mass is 245 g/mol. The normalized spacial score (nSPS) is 9.11. The number of hydroxylamine groups is 1. The highest BCUT2D eigenvalue weighted by Crippen LogP contribution is 1.81. The first kappa shape index (κ1) is 9.12. The van der Waals surface area contributed by atoms with Gasteiger partial charge in [-0.2, -0.15) is 0 Å². The lowest BCUT2D eigenvalue weighted by Crippen LogP contribution is -2.24. The largest absolute Gasteiger partial charge is 0.371 e. The molecule has 9 heavy (non-hydrogen) atoms. The van der Waals surface area contributed by atoms with Gasteiger partial charge in [0.1, 0.15) is 6.61 Å². The fourth-order valence-corrected chi connectivity index (χ4v) is 0.563. The van der Waals surface area contributed by atoms with Crippen molar-refractivity contribution in [1.82, 2.24) is 5.48 Å². The smallest absolute Gasteiger partial charge is 0.269 e. The molecule has 4 nitrogen and oxygen atoms in total. The summed E-state index contributed by atoms with van der Waals surface area (Å²) in [7, 11) is 0. The Morgan fingerprint density at radius 2 is 2.44 bits per heavy atom. The van der Waals surface area contributed by atoms with Crippen molar-refractivity contribution < 1.29 is 14.7 Å². The van der Waals surface area contributed by atoms with Crippen LogP contribution in [-0.4, -0.2) is 28.8 Å². The van der Waals surface area contributed by atoms with E-state index in [9.17, 15) is 4.79 Å². The van der Waals surface area contributed by atoms with Crippen molar-refractivity contribution in [3.63, 3.8) is 0 Å². The third kappa shape index (κ3) is 6.00. The van der Waals surface area contributed by atoms with E-state index in [1.165, 1.54) is 5.48 Å². The van der Waals surface area contributed by atoms with Crippen LogP contribution in [0.25, 0.3) is 0 Å². The average molecular weight is 245 g/mol. The standard InChI is InChI=1S/C4H8INO3/c5-1-2-9-3-4(7)6-8/h8H,1-3H2,(H,6,7). The highest BCUT2D eigenvalue weighted by atomic mass is 127. The molecule has 0 aliphatic heterocycles. The second-order valence-corrected chi connectivity index (χ2v) is 2.36. The van der Waals surface area contributed by atoms with Crippen LogP contribution in [0.3, 0.4) is 0 Å². The Bertz CT molecular complexity index is 87.9. The molecule has 5 heteroatoms. The molecule has 0 aromatic carbocycles. The lowest BCUT2D eigenvalue weighted by atomic mass is 10.7. The highest BCUT2D eigenvalue weighted by Gasteiger charge is 1.95. The number of carbonyl (C=O) groups is 1. The van der Waals surface area contributed by atoms with Crippen molar-refractivity contribution in [2.75, 3.05) is 17.6 Å². The first-order chi connectivity index (χ1) is 4.31.